The van der Waals surface area contributed by atoms with E-state index in [9.17, 15) is 9.59 Å². The third kappa shape index (κ3) is 3.38. The molecule has 6 heteroatoms. The highest BCUT2D eigenvalue weighted by Gasteiger charge is 2.21. The quantitative estimate of drug-likeness (QED) is 0.775. The first-order valence-electron chi connectivity index (χ1n) is 8.31. The number of pyridine rings is 1. The van der Waals surface area contributed by atoms with Crippen molar-refractivity contribution in [2.75, 3.05) is 5.32 Å². The molecule has 1 atom stereocenters. The van der Waals surface area contributed by atoms with E-state index in [1.807, 2.05) is 24.3 Å². The largest absolute Gasteiger partial charge is 0.370 e. The number of amides is 2. The molecule has 0 fully saturated rings. The molecule has 2 aromatic rings. The number of aromatic nitrogens is 1. The van der Waals surface area contributed by atoms with Gasteiger partial charge >= 0.3 is 0 Å². The van der Waals surface area contributed by atoms with Crippen LogP contribution in [0.1, 0.15) is 36.9 Å². The van der Waals surface area contributed by atoms with Gasteiger partial charge in [-0.1, -0.05) is 18.2 Å². The van der Waals surface area contributed by atoms with Crippen molar-refractivity contribution in [1.82, 2.24) is 4.98 Å². The van der Waals surface area contributed by atoms with Crippen LogP contribution >= 0.6 is 0 Å². The number of carbonyl (C=O) groups is 2. The van der Waals surface area contributed by atoms with Crippen LogP contribution < -0.4 is 16.8 Å². The first-order chi connectivity index (χ1) is 11.6. The van der Waals surface area contributed by atoms with E-state index in [-0.39, 0.29) is 18.7 Å². The summed E-state index contributed by atoms with van der Waals surface area (Å²) in [5.41, 5.74) is 14.9. The van der Waals surface area contributed by atoms with Crippen LogP contribution in [0.2, 0.25) is 0 Å². The molecule has 126 valence electrons. The van der Waals surface area contributed by atoms with Gasteiger partial charge in [-0.2, -0.15) is 0 Å². The van der Waals surface area contributed by atoms with Crippen LogP contribution in [0.25, 0.3) is 10.9 Å². The van der Waals surface area contributed by atoms with Crippen LogP contribution in [-0.2, 0) is 22.4 Å². The van der Waals surface area contributed by atoms with Crippen LogP contribution in [0, 0.1) is 0 Å². The molecule has 1 aliphatic carbocycles. The molecule has 0 aliphatic heterocycles. The van der Waals surface area contributed by atoms with Gasteiger partial charge in [0, 0.05) is 17.5 Å². The summed E-state index contributed by atoms with van der Waals surface area (Å²) < 4.78 is 0. The Hall–Kier alpha value is -2.47. The van der Waals surface area contributed by atoms with Crippen LogP contribution in [0.4, 0.5) is 5.69 Å². The van der Waals surface area contributed by atoms with Crippen molar-refractivity contribution >= 4 is 28.4 Å². The van der Waals surface area contributed by atoms with Crippen molar-refractivity contribution in [2.24, 2.45) is 11.5 Å². The van der Waals surface area contributed by atoms with E-state index >= 15 is 0 Å². The van der Waals surface area contributed by atoms with Gasteiger partial charge in [-0.15, -0.1) is 0 Å². The topological polar surface area (TPSA) is 111 Å². The lowest BCUT2D eigenvalue weighted by molar-refractivity contribution is -0.119. The van der Waals surface area contributed by atoms with Crippen molar-refractivity contribution in [1.29, 1.82) is 0 Å². The summed E-state index contributed by atoms with van der Waals surface area (Å²) in [7, 11) is 0. The molecule has 0 unspecified atom stereocenters. The molecule has 0 saturated heterocycles. The Bertz CT molecular complexity index is 788. The molecule has 2 amide bonds. The van der Waals surface area contributed by atoms with Gasteiger partial charge < -0.3 is 16.8 Å². The first-order valence-corrected chi connectivity index (χ1v) is 8.31. The van der Waals surface area contributed by atoms with E-state index in [2.05, 4.69) is 5.32 Å². The number of nitrogens with zero attached hydrogens (tertiary/aromatic N) is 1. The highest BCUT2D eigenvalue weighted by atomic mass is 16.2. The number of primary amides is 1. The summed E-state index contributed by atoms with van der Waals surface area (Å²) >= 11 is 0. The number of fused-ring (bicyclic) bond motifs is 2. The number of benzene rings is 1. The second kappa shape index (κ2) is 6.97. The maximum atomic E-state index is 12.4. The minimum atomic E-state index is -0.760. The zero-order valence-electron chi connectivity index (χ0n) is 13.5. The smallest absolute Gasteiger partial charge is 0.241 e. The number of hydrogen-bond donors (Lipinski definition) is 3. The maximum Gasteiger partial charge on any atom is 0.241 e. The minimum absolute atomic E-state index is 0.101. The van der Waals surface area contributed by atoms with Crippen LogP contribution in [0.5, 0.6) is 0 Å². The van der Waals surface area contributed by atoms with E-state index in [0.29, 0.717) is 0 Å². The zero-order chi connectivity index (χ0) is 17.1. The lowest BCUT2D eigenvalue weighted by Crippen LogP contribution is -2.37. The predicted molar refractivity (Wildman–Crippen MR) is 93.4 cm³/mol. The predicted octanol–water partition coefficient (Wildman–Crippen LogP) is 1.64. The number of nitrogens with one attached hydrogen (secondary N) is 1. The van der Waals surface area contributed by atoms with E-state index < -0.39 is 11.9 Å². The van der Waals surface area contributed by atoms with Crippen molar-refractivity contribution in [3.05, 3.63) is 35.5 Å². The normalized spacial score (nSPS) is 14.9. The molecule has 1 heterocycles. The molecular formula is C18H22N4O2. The molecule has 6 nitrogen and oxygen atoms in total. The maximum absolute atomic E-state index is 12.4. The van der Waals surface area contributed by atoms with Crippen LogP contribution in [-0.4, -0.2) is 22.8 Å². The number of rotatable bonds is 5. The Morgan fingerprint density at radius 2 is 1.96 bits per heavy atom. The molecule has 1 aliphatic rings. The summed E-state index contributed by atoms with van der Waals surface area (Å²) in [6.07, 6.45) is 4.37. The van der Waals surface area contributed by atoms with Gasteiger partial charge in [0.15, 0.2) is 0 Å². The van der Waals surface area contributed by atoms with Crippen molar-refractivity contribution in [2.45, 2.75) is 44.6 Å². The third-order valence-electron chi connectivity index (χ3n) is 4.46. The Labute approximate surface area is 140 Å². The van der Waals surface area contributed by atoms with Gasteiger partial charge in [-0.3, -0.25) is 14.6 Å². The Morgan fingerprint density at radius 1 is 1.21 bits per heavy atom. The number of carbonyl (C=O) groups excluding carboxylic acids is 2. The first kappa shape index (κ1) is 16.4. The summed E-state index contributed by atoms with van der Waals surface area (Å²) in [5, 5.41) is 3.91. The fourth-order valence-corrected chi connectivity index (χ4v) is 3.16. The van der Waals surface area contributed by atoms with E-state index in [1.165, 1.54) is 0 Å². The number of anilines is 1. The molecule has 24 heavy (non-hydrogen) atoms. The van der Waals surface area contributed by atoms with Crippen molar-refractivity contribution < 1.29 is 9.59 Å². The van der Waals surface area contributed by atoms with Gasteiger partial charge in [0.1, 0.15) is 0 Å². The summed E-state index contributed by atoms with van der Waals surface area (Å²) in [4.78, 5) is 28.1. The highest BCUT2D eigenvalue weighted by molar-refractivity contribution is 6.04. The zero-order valence-corrected chi connectivity index (χ0v) is 13.5. The number of nitrogens with two attached hydrogens (primary N) is 2. The monoisotopic (exact) mass is 326 g/mol. The molecular weight excluding hydrogens is 304 g/mol. The second-order valence-corrected chi connectivity index (χ2v) is 6.24. The van der Waals surface area contributed by atoms with Gasteiger partial charge in [0.2, 0.25) is 11.8 Å². The lowest BCUT2D eigenvalue weighted by Gasteiger charge is -2.22. The molecule has 0 saturated carbocycles. The number of aryl methyl sites for hydroxylation is 1. The van der Waals surface area contributed by atoms with Crippen molar-refractivity contribution in [3.8, 4) is 0 Å². The fraction of sp³-hybridized carbons (Fsp3) is 0.389. The highest BCUT2D eigenvalue weighted by Crippen LogP contribution is 2.33. The molecule has 0 bridgehead atoms. The Kier molecular flexibility index (Phi) is 4.76. The average Bonchev–Trinajstić information content (AvgIpc) is 2.59. The lowest BCUT2D eigenvalue weighted by atomic mass is 9.92. The minimum Gasteiger partial charge on any atom is -0.370 e. The van der Waals surface area contributed by atoms with E-state index in [4.69, 9.17) is 16.5 Å². The van der Waals surface area contributed by atoms with E-state index in [0.717, 1.165) is 53.5 Å². The fourth-order valence-electron chi connectivity index (χ4n) is 3.16. The molecule has 1 aromatic heterocycles. The molecule has 3 rings (SSSR count). The second-order valence-electron chi connectivity index (χ2n) is 6.24. The van der Waals surface area contributed by atoms with Gasteiger partial charge in [-0.05, 0) is 43.7 Å². The number of hydrogen-bond acceptors (Lipinski definition) is 4. The van der Waals surface area contributed by atoms with Gasteiger partial charge in [0.25, 0.3) is 0 Å². The summed E-state index contributed by atoms with van der Waals surface area (Å²) in [6, 6.07) is 7.02. The molecule has 0 spiro atoms. The van der Waals surface area contributed by atoms with Gasteiger partial charge in [-0.25, -0.2) is 0 Å². The average molecular weight is 326 g/mol. The SMILES string of the molecule is NC(=O)CC[C@H](N)C(=O)Nc1c2c(nc3ccccc13)CCCC2. The Balaban J connectivity index is 1.93. The van der Waals surface area contributed by atoms with E-state index in [1.54, 1.807) is 0 Å². The molecule has 5 N–H and O–H groups in total. The molecule has 1 aromatic carbocycles. The number of para-hydroxylation sites is 1. The Morgan fingerprint density at radius 3 is 2.75 bits per heavy atom. The van der Waals surface area contributed by atoms with Crippen molar-refractivity contribution in [3.63, 3.8) is 0 Å². The third-order valence-corrected chi connectivity index (χ3v) is 4.46. The summed E-state index contributed by atoms with van der Waals surface area (Å²) in [6.45, 7) is 0. The standard InChI is InChI=1S/C18H22N4O2/c19-13(9-10-16(20)23)18(24)22-17-11-5-1-3-7-14(11)21-15-8-4-2-6-12(15)17/h1,3,5,7,13H,2,4,6,8-10,19H2,(H2,20,23)(H,21,22,24)/t13-/m0/s1. The van der Waals surface area contributed by atoms with Crippen LogP contribution in [0.15, 0.2) is 24.3 Å². The van der Waals surface area contributed by atoms with Crippen LogP contribution in [0.3, 0.4) is 0 Å². The molecule has 0 radical (unpaired) electrons. The van der Waals surface area contributed by atoms with Gasteiger partial charge in [0.05, 0.1) is 17.2 Å². The summed E-state index contributed by atoms with van der Waals surface area (Å²) in [5.74, 6) is -0.745.